The van der Waals surface area contributed by atoms with Gasteiger partial charge in [0.1, 0.15) is 0 Å². The predicted octanol–water partition coefficient (Wildman–Crippen LogP) is -2.29. The summed E-state index contributed by atoms with van der Waals surface area (Å²) in [5, 5.41) is 0. The summed E-state index contributed by atoms with van der Waals surface area (Å²) in [5.74, 6) is 0. The summed E-state index contributed by atoms with van der Waals surface area (Å²) in [5.41, 5.74) is 0. The summed E-state index contributed by atoms with van der Waals surface area (Å²) in [6.07, 6.45) is 0. The molecule has 0 aliphatic carbocycles. The van der Waals surface area contributed by atoms with E-state index >= 15 is 0 Å². The van der Waals surface area contributed by atoms with Gasteiger partial charge in [-0.3, -0.25) is 0 Å². The lowest BCUT2D eigenvalue weighted by molar-refractivity contribution is -0.00000314. The lowest BCUT2D eigenvalue weighted by Crippen LogP contribution is -3.00. The predicted molar refractivity (Wildman–Crippen MR) is 20.6 cm³/mol. The summed E-state index contributed by atoms with van der Waals surface area (Å²) in [6.45, 7) is 0. The summed E-state index contributed by atoms with van der Waals surface area (Å²) >= 11 is 0. The fourth-order valence-corrected chi connectivity index (χ4v) is 0. The zero-order valence-electron chi connectivity index (χ0n) is 2.36. The first-order valence-electron chi connectivity index (χ1n) is 0.642. The largest absolute Gasteiger partial charge is 1.00 e. The fourth-order valence-electron chi connectivity index (χ4n) is 0. The standard InChI is InChI=1S/Cl2O2S.FH/c1-5(2,3)4;/h;1H/p-1. The quantitative estimate of drug-likeness (QED) is 0.368. The first-order valence-corrected chi connectivity index (χ1v) is 3.78. The molecule has 0 saturated heterocycles. The molecule has 0 saturated carbocycles. The average molecular weight is 154 g/mol. The Kier molecular flexibility index (Phi) is 4.20. The van der Waals surface area contributed by atoms with Crippen LogP contribution in [0, 0.1) is 0 Å². The normalized spacial score (nSPS) is 9.67. The van der Waals surface area contributed by atoms with Gasteiger partial charge in [0.05, 0.1) is 0 Å². The fraction of sp³-hybridized carbons (Fsp3) is 0. The van der Waals surface area contributed by atoms with Crippen molar-refractivity contribution in [2.45, 2.75) is 0 Å². The van der Waals surface area contributed by atoms with Crippen LogP contribution in [0.15, 0.2) is 0 Å². The van der Waals surface area contributed by atoms with E-state index in [9.17, 15) is 0 Å². The molecule has 2 nitrogen and oxygen atoms in total. The van der Waals surface area contributed by atoms with Gasteiger partial charge >= 0.3 is 8.26 Å². The zero-order valence-corrected chi connectivity index (χ0v) is 4.69. The highest BCUT2D eigenvalue weighted by Crippen LogP contribution is 1.98. The van der Waals surface area contributed by atoms with Crippen LogP contribution < -0.4 is 4.70 Å². The Morgan fingerprint density at radius 1 is 1.17 bits per heavy atom. The Balaban J connectivity index is 0. The SMILES string of the molecule is O=S(=O)(Cl)Cl.[F-]. The van der Waals surface area contributed by atoms with E-state index in [0.29, 0.717) is 0 Å². The van der Waals surface area contributed by atoms with Gasteiger partial charge in [-0.05, 0) is 0 Å². The molecule has 0 atom stereocenters. The van der Waals surface area contributed by atoms with Gasteiger partial charge in [0.15, 0.2) is 0 Å². The molecule has 0 aromatic rings. The highest BCUT2D eigenvalue weighted by Gasteiger charge is 1.88. The first-order chi connectivity index (χ1) is 2.00. The van der Waals surface area contributed by atoms with Crippen LogP contribution in [0.25, 0.3) is 0 Å². The molecule has 0 fully saturated rings. The molecule has 0 N–H and O–H groups in total. The Morgan fingerprint density at radius 2 is 1.17 bits per heavy atom. The lowest BCUT2D eigenvalue weighted by atomic mass is 15.9. The van der Waals surface area contributed by atoms with E-state index in [0.717, 1.165) is 0 Å². The van der Waals surface area contributed by atoms with Crippen LogP contribution in [0.3, 0.4) is 0 Å². The summed E-state index contributed by atoms with van der Waals surface area (Å²) < 4.78 is 18.3. The van der Waals surface area contributed by atoms with Crippen LogP contribution in [0.2, 0.25) is 0 Å². The number of rotatable bonds is 0. The molecule has 0 aliphatic rings. The summed E-state index contributed by atoms with van der Waals surface area (Å²) in [4.78, 5) is 0. The van der Waals surface area contributed by atoms with Crippen molar-refractivity contribution >= 4 is 29.6 Å². The molecule has 6 heteroatoms. The molecule has 0 unspecified atom stereocenters. The minimum atomic E-state index is -3.72. The number of hydrogen-bond donors (Lipinski definition) is 0. The molecule has 0 heterocycles. The molecule has 0 radical (unpaired) electrons. The molecular weight excluding hydrogens is 154 g/mol. The van der Waals surface area contributed by atoms with Crippen LogP contribution in [0.5, 0.6) is 0 Å². The van der Waals surface area contributed by atoms with Crippen molar-refractivity contribution in [3.05, 3.63) is 0 Å². The second-order valence-corrected chi connectivity index (χ2v) is 4.05. The second kappa shape index (κ2) is 2.60. The third-order valence-corrected chi connectivity index (χ3v) is 0. The lowest BCUT2D eigenvalue weighted by Gasteiger charge is -1.61. The minimum Gasteiger partial charge on any atom is -1.00 e. The monoisotopic (exact) mass is 153 g/mol. The third kappa shape index (κ3) is 252. The molecule has 40 valence electrons. The summed E-state index contributed by atoms with van der Waals surface area (Å²) in [6, 6.07) is 0. The Morgan fingerprint density at radius 3 is 1.17 bits per heavy atom. The van der Waals surface area contributed by atoms with Crippen molar-refractivity contribution < 1.29 is 13.1 Å². The van der Waals surface area contributed by atoms with Gasteiger partial charge in [-0.15, -0.1) is 0 Å². The Bertz CT molecular complexity index is 94.7. The van der Waals surface area contributed by atoms with Gasteiger partial charge in [-0.25, -0.2) is 0 Å². The van der Waals surface area contributed by atoms with Gasteiger partial charge in [-0.2, -0.15) is 8.42 Å². The van der Waals surface area contributed by atoms with Crippen molar-refractivity contribution in [3.63, 3.8) is 0 Å². The maximum Gasteiger partial charge on any atom is 0.317 e. The average Bonchev–Trinajstić information content (AvgIpc) is 0.722. The molecule has 0 aromatic carbocycles. The topological polar surface area (TPSA) is 34.1 Å². The van der Waals surface area contributed by atoms with Crippen molar-refractivity contribution in [1.82, 2.24) is 0 Å². The molecule has 0 amide bonds. The number of hydrogen-bond acceptors (Lipinski definition) is 2. The number of halogens is 3. The van der Waals surface area contributed by atoms with Gasteiger partial charge in [0, 0.05) is 21.4 Å². The van der Waals surface area contributed by atoms with E-state index < -0.39 is 8.26 Å². The molecule has 0 aliphatic heterocycles. The van der Waals surface area contributed by atoms with Crippen molar-refractivity contribution in [3.8, 4) is 0 Å². The van der Waals surface area contributed by atoms with Gasteiger partial charge in [-0.1, -0.05) is 0 Å². The van der Waals surface area contributed by atoms with Crippen LogP contribution in [-0.4, -0.2) is 8.42 Å². The first kappa shape index (κ1) is 9.68. The van der Waals surface area contributed by atoms with E-state index in [2.05, 4.69) is 21.4 Å². The van der Waals surface area contributed by atoms with Crippen molar-refractivity contribution in [2.75, 3.05) is 0 Å². The van der Waals surface area contributed by atoms with Crippen LogP contribution in [0.1, 0.15) is 0 Å². The third-order valence-electron chi connectivity index (χ3n) is 0. The second-order valence-electron chi connectivity index (χ2n) is 0.378. The Labute approximate surface area is 43.3 Å². The van der Waals surface area contributed by atoms with E-state index in [1.807, 2.05) is 0 Å². The van der Waals surface area contributed by atoms with E-state index in [4.69, 9.17) is 8.42 Å². The van der Waals surface area contributed by atoms with E-state index in [-0.39, 0.29) is 4.70 Å². The van der Waals surface area contributed by atoms with Gasteiger partial charge in [0.25, 0.3) is 0 Å². The molecular formula is Cl2FO2S-. The van der Waals surface area contributed by atoms with Crippen molar-refractivity contribution in [1.29, 1.82) is 0 Å². The molecule has 0 aromatic heterocycles. The maximum atomic E-state index is 9.16. The molecule has 0 spiro atoms. The van der Waals surface area contributed by atoms with Crippen LogP contribution in [-0.2, 0) is 8.26 Å². The minimum absolute atomic E-state index is 0. The molecule has 0 bridgehead atoms. The molecule has 0 rings (SSSR count). The highest BCUT2D eigenvalue weighted by atomic mass is 36.0. The smallest absolute Gasteiger partial charge is 0.317 e. The van der Waals surface area contributed by atoms with Crippen LogP contribution in [0.4, 0.5) is 0 Å². The zero-order chi connectivity index (χ0) is 4.50. The van der Waals surface area contributed by atoms with E-state index in [1.165, 1.54) is 0 Å². The molecule has 6 heavy (non-hydrogen) atoms. The van der Waals surface area contributed by atoms with Crippen molar-refractivity contribution in [2.24, 2.45) is 0 Å². The van der Waals surface area contributed by atoms with Crippen LogP contribution >= 0.6 is 21.4 Å². The maximum absolute atomic E-state index is 9.16. The van der Waals surface area contributed by atoms with Gasteiger partial charge < -0.3 is 4.70 Å². The summed E-state index contributed by atoms with van der Waals surface area (Å²) in [7, 11) is 4.81. The van der Waals surface area contributed by atoms with Gasteiger partial charge in [0.2, 0.25) is 0 Å². The van der Waals surface area contributed by atoms with E-state index in [1.54, 1.807) is 0 Å². The highest BCUT2D eigenvalue weighted by molar-refractivity contribution is 8.31. The Hall–Kier alpha value is 0.460.